The molecule has 0 bridgehead atoms. The van der Waals surface area contributed by atoms with Gasteiger partial charge in [-0.3, -0.25) is 0 Å². The predicted molar refractivity (Wildman–Crippen MR) is 69.0 cm³/mol. The molecule has 0 atom stereocenters. The molecular formula is C14H21NO. The normalized spacial score (nSPS) is 10.1. The molecule has 1 rings (SSSR count). The summed E-state index contributed by atoms with van der Waals surface area (Å²) in [5, 5.41) is 3.38. The molecule has 0 fully saturated rings. The molecule has 0 radical (unpaired) electrons. The molecule has 0 unspecified atom stereocenters. The second kappa shape index (κ2) is 7.07. The van der Waals surface area contributed by atoms with E-state index in [0.717, 1.165) is 31.7 Å². The monoisotopic (exact) mass is 219 g/mol. The van der Waals surface area contributed by atoms with Crippen LogP contribution in [-0.2, 0) is 6.42 Å². The molecule has 0 spiro atoms. The Kier molecular flexibility index (Phi) is 5.65. The molecule has 1 aromatic carbocycles. The summed E-state index contributed by atoms with van der Waals surface area (Å²) in [5.41, 5.74) is 2.56. The second-order valence-corrected chi connectivity index (χ2v) is 3.88. The van der Waals surface area contributed by atoms with Crippen LogP contribution in [0.2, 0.25) is 0 Å². The first kappa shape index (κ1) is 12.8. The van der Waals surface area contributed by atoms with Crippen molar-refractivity contribution in [2.75, 3.05) is 20.2 Å². The summed E-state index contributed by atoms with van der Waals surface area (Å²) in [6.07, 6.45) is 2.07. The maximum absolute atomic E-state index is 5.18. The fourth-order valence-corrected chi connectivity index (χ4v) is 1.45. The fourth-order valence-electron chi connectivity index (χ4n) is 1.45. The average Bonchev–Trinajstić information content (AvgIpc) is 2.34. The lowest BCUT2D eigenvalue weighted by atomic mass is 10.1. The Bertz CT molecular complexity index is 333. The van der Waals surface area contributed by atoms with Crippen molar-refractivity contribution in [1.29, 1.82) is 0 Å². The first-order chi connectivity index (χ1) is 7.76. The lowest BCUT2D eigenvalue weighted by molar-refractivity contribution is 0.414. The minimum atomic E-state index is 0.917. The van der Waals surface area contributed by atoms with Crippen molar-refractivity contribution in [3.63, 3.8) is 0 Å². The summed E-state index contributed by atoms with van der Waals surface area (Å²) < 4.78 is 5.18. The van der Waals surface area contributed by atoms with Crippen LogP contribution < -0.4 is 10.1 Å². The van der Waals surface area contributed by atoms with Crippen molar-refractivity contribution < 1.29 is 4.74 Å². The van der Waals surface area contributed by atoms with E-state index < -0.39 is 0 Å². The van der Waals surface area contributed by atoms with Gasteiger partial charge in [0.2, 0.25) is 0 Å². The van der Waals surface area contributed by atoms with Gasteiger partial charge in [-0.05, 0) is 37.1 Å². The molecule has 0 aliphatic carbocycles. The van der Waals surface area contributed by atoms with E-state index >= 15 is 0 Å². The SMILES string of the molecule is C=C(CC)CNCCc1cccc(OC)c1. The molecule has 1 N–H and O–H groups in total. The highest BCUT2D eigenvalue weighted by Crippen LogP contribution is 2.12. The number of rotatable bonds is 7. The Balaban J connectivity index is 2.28. The lowest BCUT2D eigenvalue weighted by Crippen LogP contribution is -2.19. The zero-order valence-electron chi connectivity index (χ0n) is 10.3. The zero-order chi connectivity index (χ0) is 11.8. The van der Waals surface area contributed by atoms with Gasteiger partial charge in [0.1, 0.15) is 5.75 Å². The van der Waals surface area contributed by atoms with Crippen LogP contribution in [0.3, 0.4) is 0 Å². The van der Waals surface area contributed by atoms with Gasteiger partial charge >= 0.3 is 0 Å². The largest absolute Gasteiger partial charge is 0.497 e. The molecule has 0 aromatic heterocycles. The van der Waals surface area contributed by atoms with E-state index in [1.807, 2.05) is 12.1 Å². The topological polar surface area (TPSA) is 21.3 Å². The Morgan fingerprint density at radius 1 is 1.44 bits per heavy atom. The van der Waals surface area contributed by atoms with Crippen LogP contribution in [0.5, 0.6) is 5.75 Å². The van der Waals surface area contributed by atoms with E-state index in [1.54, 1.807) is 7.11 Å². The molecule has 0 aliphatic rings. The summed E-state index contributed by atoms with van der Waals surface area (Å²) in [4.78, 5) is 0. The maximum atomic E-state index is 5.18. The molecule has 0 heterocycles. The van der Waals surface area contributed by atoms with Gasteiger partial charge in [-0.1, -0.05) is 31.2 Å². The molecule has 88 valence electrons. The Labute approximate surface area is 98.3 Å². The molecule has 0 saturated heterocycles. The highest BCUT2D eigenvalue weighted by Gasteiger charge is 1.96. The van der Waals surface area contributed by atoms with Gasteiger partial charge in [-0.15, -0.1) is 0 Å². The molecule has 0 saturated carbocycles. The minimum absolute atomic E-state index is 0.917. The third-order valence-corrected chi connectivity index (χ3v) is 2.60. The van der Waals surface area contributed by atoms with E-state index in [1.165, 1.54) is 11.1 Å². The summed E-state index contributed by atoms with van der Waals surface area (Å²) in [6, 6.07) is 8.20. The van der Waals surface area contributed by atoms with Crippen LogP contribution >= 0.6 is 0 Å². The number of nitrogens with one attached hydrogen (secondary N) is 1. The van der Waals surface area contributed by atoms with E-state index in [4.69, 9.17) is 4.74 Å². The third kappa shape index (κ3) is 4.49. The first-order valence-electron chi connectivity index (χ1n) is 5.76. The zero-order valence-corrected chi connectivity index (χ0v) is 10.3. The van der Waals surface area contributed by atoms with Gasteiger partial charge < -0.3 is 10.1 Å². The molecule has 1 aromatic rings. The van der Waals surface area contributed by atoms with Crippen molar-refractivity contribution in [2.24, 2.45) is 0 Å². The highest BCUT2D eigenvalue weighted by atomic mass is 16.5. The van der Waals surface area contributed by atoms with Crippen molar-refractivity contribution in [3.8, 4) is 5.75 Å². The third-order valence-electron chi connectivity index (χ3n) is 2.60. The van der Waals surface area contributed by atoms with Crippen LogP contribution in [0, 0.1) is 0 Å². The number of ether oxygens (including phenoxy) is 1. The molecule has 0 amide bonds. The number of hydrogen-bond donors (Lipinski definition) is 1. The number of benzene rings is 1. The molecule has 2 heteroatoms. The Morgan fingerprint density at radius 3 is 2.94 bits per heavy atom. The van der Waals surface area contributed by atoms with Crippen LogP contribution in [-0.4, -0.2) is 20.2 Å². The van der Waals surface area contributed by atoms with Gasteiger partial charge in [-0.2, -0.15) is 0 Å². The summed E-state index contributed by atoms with van der Waals surface area (Å²) in [5.74, 6) is 0.926. The van der Waals surface area contributed by atoms with Crippen molar-refractivity contribution in [3.05, 3.63) is 42.0 Å². The van der Waals surface area contributed by atoms with Crippen molar-refractivity contribution in [1.82, 2.24) is 5.32 Å². The summed E-state index contributed by atoms with van der Waals surface area (Å²) in [7, 11) is 1.70. The van der Waals surface area contributed by atoms with E-state index in [-0.39, 0.29) is 0 Å². The molecule has 0 aliphatic heterocycles. The maximum Gasteiger partial charge on any atom is 0.119 e. The van der Waals surface area contributed by atoms with E-state index in [0.29, 0.717) is 0 Å². The fraction of sp³-hybridized carbons (Fsp3) is 0.429. The smallest absolute Gasteiger partial charge is 0.119 e. The van der Waals surface area contributed by atoms with Crippen LogP contribution in [0.1, 0.15) is 18.9 Å². The number of hydrogen-bond acceptors (Lipinski definition) is 2. The Hall–Kier alpha value is -1.28. The first-order valence-corrected chi connectivity index (χ1v) is 5.76. The van der Waals surface area contributed by atoms with E-state index in [9.17, 15) is 0 Å². The quantitative estimate of drug-likeness (QED) is 0.562. The van der Waals surface area contributed by atoms with Gasteiger partial charge in [0.25, 0.3) is 0 Å². The van der Waals surface area contributed by atoms with Crippen molar-refractivity contribution in [2.45, 2.75) is 19.8 Å². The molecule has 2 nitrogen and oxygen atoms in total. The summed E-state index contributed by atoms with van der Waals surface area (Å²) in [6.45, 7) is 7.99. The van der Waals surface area contributed by atoms with Gasteiger partial charge in [0, 0.05) is 6.54 Å². The highest BCUT2D eigenvalue weighted by molar-refractivity contribution is 5.28. The predicted octanol–water partition coefficient (Wildman–Crippen LogP) is 2.79. The lowest BCUT2D eigenvalue weighted by Gasteiger charge is -2.07. The van der Waals surface area contributed by atoms with Crippen LogP contribution in [0.4, 0.5) is 0 Å². The van der Waals surface area contributed by atoms with Gasteiger partial charge in [0.15, 0.2) is 0 Å². The van der Waals surface area contributed by atoms with Gasteiger partial charge in [0.05, 0.1) is 7.11 Å². The van der Waals surface area contributed by atoms with Gasteiger partial charge in [-0.25, -0.2) is 0 Å². The second-order valence-electron chi connectivity index (χ2n) is 3.88. The van der Waals surface area contributed by atoms with Crippen LogP contribution in [0.25, 0.3) is 0 Å². The molecule has 16 heavy (non-hydrogen) atoms. The average molecular weight is 219 g/mol. The summed E-state index contributed by atoms with van der Waals surface area (Å²) >= 11 is 0. The van der Waals surface area contributed by atoms with Crippen LogP contribution in [0.15, 0.2) is 36.4 Å². The number of methoxy groups -OCH3 is 1. The molecular weight excluding hydrogens is 198 g/mol. The minimum Gasteiger partial charge on any atom is -0.497 e. The Morgan fingerprint density at radius 2 is 2.25 bits per heavy atom. The standard InChI is InChI=1S/C14H21NO/c1-4-12(2)11-15-9-8-13-6-5-7-14(10-13)16-3/h5-7,10,15H,2,4,8-9,11H2,1,3H3. The van der Waals surface area contributed by atoms with Crippen molar-refractivity contribution >= 4 is 0 Å². The van der Waals surface area contributed by atoms with E-state index in [2.05, 4.69) is 31.0 Å².